The fraction of sp³-hybridized carbons (Fsp3) is 0.154. The fourth-order valence-corrected chi connectivity index (χ4v) is 4.97. The van der Waals surface area contributed by atoms with Gasteiger partial charge in [0.2, 0.25) is 5.76 Å². The summed E-state index contributed by atoms with van der Waals surface area (Å²) in [6.45, 7) is 2.09. The molecule has 1 unspecified atom stereocenters. The van der Waals surface area contributed by atoms with Crippen molar-refractivity contribution in [2.75, 3.05) is 11.2 Å². The smallest absolute Gasteiger partial charge is 0.295 e. The van der Waals surface area contributed by atoms with E-state index in [0.717, 1.165) is 27.0 Å². The Labute approximate surface area is 198 Å². The van der Waals surface area contributed by atoms with Crippen molar-refractivity contribution in [3.63, 3.8) is 0 Å². The Bertz CT molecular complexity index is 1390. The molecule has 5 rings (SSSR count). The first-order valence-electron chi connectivity index (χ1n) is 10.3. The minimum absolute atomic E-state index is 0.114. The largest absolute Gasteiger partial charge is 0.450 e. The van der Waals surface area contributed by atoms with E-state index in [9.17, 15) is 9.59 Å². The van der Waals surface area contributed by atoms with E-state index in [4.69, 9.17) is 4.42 Å². The molecule has 1 amide bonds. The van der Waals surface area contributed by atoms with E-state index in [1.807, 2.05) is 54.8 Å². The van der Waals surface area contributed by atoms with Crippen LogP contribution in [0.2, 0.25) is 0 Å². The number of thioether (sulfide) groups is 1. The normalized spacial score (nSPS) is 15.4. The van der Waals surface area contributed by atoms with E-state index in [1.165, 1.54) is 5.56 Å². The van der Waals surface area contributed by atoms with Gasteiger partial charge in [0.15, 0.2) is 5.43 Å². The van der Waals surface area contributed by atoms with Crippen LogP contribution in [0.1, 0.15) is 40.2 Å². The van der Waals surface area contributed by atoms with Gasteiger partial charge in [-0.25, -0.2) is 0 Å². The second-order valence-electron chi connectivity index (χ2n) is 7.69. The maximum absolute atomic E-state index is 13.6. The van der Waals surface area contributed by atoms with Crippen molar-refractivity contribution < 1.29 is 9.21 Å². The van der Waals surface area contributed by atoms with E-state index < -0.39 is 6.04 Å². The first-order chi connectivity index (χ1) is 15.5. The SMILES string of the molecule is CCc1ccc(N2C(=O)c3oc4ccc(Br)cc4c(=O)c3C2c2ccc(SC)cc2)cc1. The maximum Gasteiger partial charge on any atom is 0.295 e. The highest BCUT2D eigenvalue weighted by Crippen LogP contribution is 2.41. The topological polar surface area (TPSA) is 50.5 Å². The molecule has 6 heteroatoms. The van der Waals surface area contributed by atoms with Gasteiger partial charge in [0.05, 0.1) is 17.0 Å². The number of benzene rings is 3. The van der Waals surface area contributed by atoms with Crippen molar-refractivity contribution in [3.05, 3.63) is 104 Å². The highest BCUT2D eigenvalue weighted by Gasteiger charge is 2.43. The molecule has 0 radical (unpaired) electrons. The third-order valence-corrected chi connectivity index (χ3v) is 7.12. The maximum atomic E-state index is 13.6. The number of aryl methyl sites for hydroxylation is 1. The molecule has 4 aromatic rings. The molecule has 1 aliphatic heterocycles. The van der Waals surface area contributed by atoms with Crippen LogP contribution in [0.5, 0.6) is 0 Å². The van der Waals surface area contributed by atoms with Gasteiger partial charge < -0.3 is 4.42 Å². The molecule has 3 aromatic carbocycles. The molecule has 4 nitrogen and oxygen atoms in total. The monoisotopic (exact) mass is 505 g/mol. The first kappa shape index (κ1) is 21.0. The van der Waals surface area contributed by atoms with E-state index in [-0.39, 0.29) is 17.1 Å². The summed E-state index contributed by atoms with van der Waals surface area (Å²) in [5.74, 6) is -0.187. The summed E-state index contributed by atoms with van der Waals surface area (Å²) in [7, 11) is 0. The molecule has 0 aliphatic carbocycles. The predicted molar refractivity (Wildman–Crippen MR) is 133 cm³/mol. The molecule has 0 spiro atoms. The number of rotatable bonds is 4. The Balaban J connectivity index is 1.77. The van der Waals surface area contributed by atoms with Crippen LogP contribution in [0.25, 0.3) is 11.0 Å². The Morgan fingerprint density at radius 3 is 2.38 bits per heavy atom. The molecular weight excluding hydrogens is 486 g/mol. The second kappa shape index (κ2) is 8.26. The van der Waals surface area contributed by atoms with Crippen LogP contribution in [0.15, 0.2) is 85.3 Å². The molecule has 0 N–H and O–H groups in total. The molecule has 32 heavy (non-hydrogen) atoms. The molecule has 2 heterocycles. The van der Waals surface area contributed by atoms with Gasteiger partial charge in [-0.1, -0.05) is 47.1 Å². The Morgan fingerprint density at radius 2 is 1.72 bits per heavy atom. The van der Waals surface area contributed by atoms with Crippen molar-refractivity contribution in [1.82, 2.24) is 0 Å². The summed E-state index contributed by atoms with van der Waals surface area (Å²) in [4.78, 5) is 30.0. The minimum atomic E-state index is -0.555. The lowest BCUT2D eigenvalue weighted by atomic mass is 9.98. The number of carbonyl (C=O) groups is 1. The number of halogens is 1. The molecule has 1 atom stereocenters. The quantitative estimate of drug-likeness (QED) is 0.293. The standard InChI is InChI=1S/C26H20BrNO3S/c1-3-15-4-9-18(10-5-15)28-23(16-6-11-19(32-2)12-7-16)22-24(29)20-14-17(27)8-13-21(20)31-25(22)26(28)30/h4-14,23H,3H2,1-2H3. The molecule has 160 valence electrons. The number of amides is 1. The van der Waals surface area contributed by atoms with E-state index in [1.54, 1.807) is 34.9 Å². The molecular formula is C26H20BrNO3S. The van der Waals surface area contributed by atoms with Crippen molar-refractivity contribution in [3.8, 4) is 0 Å². The number of hydrogen-bond donors (Lipinski definition) is 0. The van der Waals surface area contributed by atoms with Crippen molar-refractivity contribution in [2.45, 2.75) is 24.3 Å². The van der Waals surface area contributed by atoms with Crippen LogP contribution in [0, 0.1) is 0 Å². The van der Waals surface area contributed by atoms with Gasteiger partial charge in [-0.2, -0.15) is 0 Å². The Kier molecular flexibility index (Phi) is 5.43. The zero-order chi connectivity index (χ0) is 22.4. The molecule has 0 saturated carbocycles. The zero-order valence-corrected chi connectivity index (χ0v) is 20.0. The van der Waals surface area contributed by atoms with Crippen molar-refractivity contribution in [2.24, 2.45) is 0 Å². The number of nitrogens with zero attached hydrogens (tertiary/aromatic N) is 1. The fourth-order valence-electron chi connectivity index (χ4n) is 4.21. The van der Waals surface area contributed by atoms with Crippen molar-refractivity contribution >= 4 is 50.3 Å². The Hall–Kier alpha value is -2.83. The number of carbonyl (C=O) groups excluding carboxylic acids is 1. The minimum Gasteiger partial charge on any atom is -0.450 e. The lowest BCUT2D eigenvalue weighted by Gasteiger charge is -2.25. The van der Waals surface area contributed by atoms with Crippen LogP contribution in [-0.4, -0.2) is 12.2 Å². The highest BCUT2D eigenvalue weighted by atomic mass is 79.9. The lowest BCUT2D eigenvalue weighted by Crippen LogP contribution is -2.29. The van der Waals surface area contributed by atoms with Gasteiger partial charge in [-0.3, -0.25) is 14.5 Å². The average Bonchev–Trinajstić information content (AvgIpc) is 3.12. The van der Waals surface area contributed by atoms with Gasteiger partial charge in [0.1, 0.15) is 5.58 Å². The molecule has 0 saturated heterocycles. The van der Waals surface area contributed by atoms with Crippen molar-refractivity contribution in [1.29, 1.82) is 0 Å². The van der Waals surface area contributed by atoms with Crippen LogP contribution in [-0.2, 0) is 6.42 Å². The molecule has 1 aliphatic rings. The van der Waals surface area contributed by atoms with Crippen LogP contribution in [0.4, 0.5) is 5.69 Å². The predicted octanol–water partition coefficient (Wildman–Crippen LogP) is 6.59. The second-order valence-corrected chi connectivity index (χ2v) is 9.48. The van der Waals surface area contributed by atoms with E-state index in [0.29, 0.717) is 16.5 Å². The van der Waals surface area contributed by atoms with Crippen LogP contribution >= 0.6 is 27.7 Å². The van der Waals surface area contributed by atoms with Gasteiger partial charge in [0.25, 0.3) is 5.91 Å². The average molecular weight is 506 g/mol. The van der Waals surface area contributed by atoms with Crippen LogP contribution < -0.4 is 10.3 Å². The number of hydrogen-bond acceptors (Lipinski definition) is 4. The third kappa shape index (κ3) is 3.38. The zero-order valence-electron chi connectivity index (χ0n) is 17.6. The summed E-state index contributed by atoms with van der Waals surface area (Å²) in [6.07, 6.45) is 2.93. The first-order valence-corrected chi connectivity index (χ1v) is 12.4. The van der Waals surface area contributed by atoms with Gasteiger partial charge >= 0.3 is 0 Å². The summed E-state index contributed by atoms with van der Waals surface area (Å²) in [6, 6.07) is 20.6. The number of anilines is 1. The van der Waals surface area contributed by atoms with Crippen LogP contribution in [0.3, 0.4) is 0 Å². The lowest BCUT2D eigenvalue weighted by molar-refractivity contribution is 0.0971. The van der Waals surface area contributed by atoms with Gasteiger partial charge in [0, 0.05) is 15.1 Å². The van der Waals surface area contributed by atoms with Gasteiger partial charge in [-0.15, -0.1) is 11.8 Å². The molecule has 0 fully saturated rings. The highest BCUT2D eigenvalue weighted by molar-refractivity contribution is 9.10. The summed E-state index contributed by atoms with van der Waals surface area (Å²) < 4.78 is 6.82. The third-order valence-electron chi connectivity index (χ3n) is 5.89. The molecule has 1 aromatic heterocycles. The van der Waals surface area contributed by atoms with Gasteiger partial charge in [-0.05, 0) is 66.3 Å². The Morgan fingerprint density at radius 1 is 1.00 bits per heavy atom. The molecule has 0 bridgehead atoms. The summed E-state index contributed by atoms with van der Waals surface area (Å²) in [5.41, 5.74) is 3.41. The summed E-state index contributed by atoms with van der Waals surface area (Å²) in [5, 5.41) is 0.458. The summed E-state index contributed by atoms with van der Waals surface area (Å²) >= 11 is 5.08. The van der Waals surface area contributed by atoms with E-state index >= 15 is 0 Å². The van der Waals surface area contributed by atoms with E-state index in [2.05, 4.69) is 22.9 Å². The number of fused-ring (bicyclic) bond motifs is 2.